The van der Waals surface area contributed by atoms with E-state index in [0.29, 0.717) is 16.3 Å². The van der Waals surface area contributed by atoms with Crippen molar-refractivity contribution in [2.24, 2.45) is 0 Å². The predicted octanol–water partition coefficient (Wildman–Crippen LogP) is 3.47. The van der Waals surface area contributed by atoms with Crippen molar-refractivity contribution in [3.05, 3.63) is 28.8 Å². The molecule has 0 bridgehead atoms. The first kappa shape index (κ1) is 17.8. The second-order valence-electron chi connectivity index (χ2n) is 5.84. The minimum atomic E-state index is -0.721. The molecule has 4 nitrogen and oxygen atoms in total. The highest BCUT2D eigenvalue weighted by molar-refractivity contribution is 6.30. The first-order valence-electron chi connectivity index (χ1n) is 7.12. The van der Waals surface area contributed by atoms with E-state index in [1.54, 1.807) is 32.0 Å². The summed E-state index contributed by atoms with van der Waals surface area (Å²) in [6.45, 7) is 9.24. The Morgan fingerprint density at radius 2 is 2.05 bits per heavy atom. The molecule has 0 aliphatic heterocycles. The molecule has 0 spiro atoms. The number of ether oxygens (including phenoxy) is 1. The van der Waals surface area contributed by atoms with Crippen LogP contribution >= 0.6 is 11.6 Å². The van der Waals surface area contributed by atoms with Gasteiger partial charge in [-0.25, -0.2) is 0 Å². The maximum atomic E-state index is 12.1. The fourth-order valence-electron chi connectivity index (χ4n) is 1.72. The zero-order valence-electron chi connectivity index (χ0n) is 13.2. The molecule has 0 saturated carbocycles. The van der Waals surface area contributed by atoms with Crippen molar-refractivity contribution in [1.29, 1.82) is 0 Å². The predicted molar refractivity (Wildman–Crippen MR) is 84.7 cm³/mol. The molecule has 21 heavy (non-hydrogen) atoms. The third-order valence-electron chi connectivity index (χ3n) is 3.44. The van der Waals surface area contributed by atoms with Crippen LogP contribution in [0.4, 0.5) is 0 Å². The summed E-state index contributed by atoms with van der Waals surface area (Å²) in [6, 6.07) is 4.98. The normalized spacial score (nSPS) is 14.4. The van der Waals surface area contributed by atoms with E-state index < -0.39 is 12.2 Å². The Morgan fingerprint density at radius 3 is 2.57 bits per heavy atom. The number of benzene rings is 1. The van der Waals surface area contributed by atoms with Crippen LogP contribution in [0, 0.1) is 0 Å². The van der Waals surface area contributed by atoms with Gasteiger partial charge in [-0.1, -0.05) is 18.5 Å². The number of rotatable bonds is 6. The average Bonchev–Trinajstić information content (AvgIpc) is 2.40. The maximum Gasteiger partial charge on any atom is 0.261 e. The zero-order chi connectivity index (χ0) is 16.2. The maximum absolute atomic E-state index is 12.1. The van der Waals surface area contributed by atoms with Crippen LogP contribution in [-0.2, 0) is 4.79 Å². The second-order valence-corrected chi connectivity index (χ2v) is 6.28. The van der Waals surface area contributed by atoms with E-state index in [-0.39, 0.29) is 11.4 Å². The van der Waals surface area contributed by atoms with Gasteiger partial charge in [0, 0.05) is 16.1 Å². The Morgan fingerprint density at radius 1 is 1.43 bits per heavy atom. The quantitative estimate of drug-likeness (QED) is 0.845. The van der Waals surface area contributed by atoms with Gasteiger partial charge in [-0.3, -0.25) is 4.79 Å². The molecule has 5 heteroatoms. The Labute approximate surface area is 131 Å². The number of carbonyl (C=O) groups excluding carboxylic acids is 1. The Kier molecular flexibility index (Phi) is 6.05. The van der Waals surface area contributed by atoms with Crippen molar-refractivity contribution in [2.45, 2.75) is 58.8 Å². The summed E-state index contributed by atoms with van der Waals surface area (Å²) >= 11 is 5.92. The third kappa shape index (κ3) is 5.21. The molecular weight excluding hydrogens is 290 g/mol. The lowest BCUT2D eigenvalue weighted by atomic mass is 10.0. The molecule has 0 aliphatic rings. The number of amides is 1. The molecule has 1 aromatic carbocycles. The lowest BCUT2D eigenvalue weighted by Crippen LogP contribution is -2.48. The van der Waals surface area contributed by atoms with Crippen molar-refractivity contribution in [1.82, 2.24) is 5.32 Å². The van der Waals surface area contributed by atoms with E-state index in [4.69, 9.17) is 16.3 Å². The van der Waals surface area contributed by atoms with Gasteiger partial charge in [0.1, 0.15) is 5.75 Å². The van der Waals surface area contributed by atoms with Crippen LogP contribution in [0.15, 0.2) is 18.2 Å². The van der Waals surface area contributed by atoms with Gasteiger partial charge in [0.05, 0.1) is 6.10 Å². The van der Waals surface area contributed by atoms with Gasteiger partial charge in [-0.15, -0.1) is 0 Å². The number of carbonyl (C=O) groups is 1. The highest BCUT2D eigenvalue weighted by Crippen LogP contribution is 2.29. The first-order valence-corrected chi connectivity index (χ1v) is 7.50. The van der Waals surface area contributed by atoms with Gasteiger partial charge in [-0.05, 0) is 52.3 Å². The summed E-state index contributed by atoms with van der Waals surface area (Å²) in [5.74, 6) is 0.277. The van der Waals surface area contributed by atoms with Gasteiger partial charge in [0.2, 0.25) is 0 Å². The summed E-state index contributed by atoms with van der Waals surface area (Å²) in [4.78, 5) is 12.1. The van der Waals surface area contributed by atoms with Crippen molar-refractivity contribution in [3.8, 4) is 5.75 Å². The minimum absolute atomic E-state index is 0.187. The van der Waals surface area contributed by atoms with Crippen LogP contribution in [-0.4, -0.2) is 22.7 Å². The standard InChI is InChI=1S/C16H24ClNO3/c1-6-16(4,5)18-15(20)11(3)21-14-8-7-12(17)9-13(14)10(2)19/h7-11,19H,6H2,1-5H3,(H,18,20). The van der Waals surface area contributed by atoms with E-state index in [1.807, 2.05) is 20.8 Å². The lowest BCUT2D eigenvalue weighted by molar-refractivity contribution is -0.129. The smallest absolute Gasteiger partial charge is 0.261 e. The third-order valence-corrected chi connectivity index (χ3v) is 3.68. The Bertz CT molecular complexity index is 500. The molecule has 0 aromatic heterocycles. The summed E-state index contributed by atoms with van der Waals surface area (Å²) in [5.41, 5.74) is 0.291. The summed E-state index contributed by atoms with van der Waals surface area (Å²) in [5, 5.41) is 13.2. The molecule has 0 fully saturated rings. The molecule has 2 N–H and O–H groups in total. The Hall–Kier alpha value is -1.26. The lowest BCUT2D eigenvalue weighted by Gasteiger charge is -2.27. The number of hydrogen-bond donors (Lipinski definition) is 2. The number of hydrogen-bond acceptors (Lipinski definition) is 3. The number of aliphatic hydroxyl groups is 1. The molecule has 0 heterocycles. The van der Waals surface area contributed by atoms with Crippen LogP contribution in [0.2, 0.25) is 5.02 Å². The van der Waals surface area contributed by atoms with E-state index in [0.717, 1.165) is 6.42 Å². The van der Waals surface area contributed by atoms with E-state index in [2.05, 4.69) is 5.32 Å². The monoisotopic (exact) mass is 313 g/mol. The second kappa shape index (κ2) is 7.14. The summed E-state index contributed by atoms with van der Waals surface area (Å²) in [7, 11) is 0. The molecule has 1 aromatic rings. The summed E-state index contributed by atoms with van der Waals surface area (Å²) in [6.07, 6.45) is -0.554. The Balaban J connectivity index is 2.84. The first-order chi connectivity index (χ1) is 9.66. The van der Waals surface area contributed by atoms with Crippen LogP contribution in [0.1, 0.15) is 52.7 Å². The average molecular weight is 314 g/mol. The SMILES string of the molecule is CCC(C)(C)NC(=O)C(C)Oc1ccc(Cl)cc1C(C)O. The van der Waals surface area contributed by atoms with Crippen LogP contribution in [0.3, 0.4) is 0 Å². The van der Waals surface area contributed by atoms with Crippen LogP contribution < -0.4 is 10.1 Å². The number of aliphatic hydroxyl groups excluding tert-OH is 1. The molecule has 0 saturated heterocycles. The zero-order valence-corrected chi connectivity index (χ0v) is 14.0. The van der Waals surface area contributed by atoms with Crippen molar-refractivity contribution >= 4 is 17.5 Å². The number of halogens is 1. The number of nitrogens with one attached hydrogen (secondary N) is 1. The van der Waals surface area contributed by atoms with Gasteiger partial charge in [-0.2, -0.15) is 0 Å². The minimum Gasteiger partial charge on any atom is -0.481 e. The van der Waals surface area contributed by atoms with Crippen molar-refractivity contribution in [2.75, 3.05) is 0 Å². The highest BCUT2D eigenvalue weighted by atomic mass is 35.5. The van der Waals surface area contributed by atoms with Crippen molar-refractivity contribution in [3.63, 3.8) is 0 Å². The molecule has 0 radical (unpaired) electrons. The van der Waals surface area contributed by atoms with E-state index >= 15 is 0 Å². The molecule has 2 unspecified atom stereocenters. The molecule has 1 amide bonds. The van der Waals surface area contributed by atoms with E-state index in [9.17, 15) is 9.90 Å². The highest BCUT2D eigenvalue weighted by Gasteiger charge is 2.24. The largest absolute Gasteiger partial charge is 0.481 e. The van der Waals surface area contributed by atoms with Gasteiger partial charge in [0.15, 0.2) is 6.10 Å². The van der Waals surface area contributed by atoms with Crippen molar-refractivity contribution < 1.29 is 14.6 Å². The van der Waals surface area contributed by atoms with E-state index in [1.165, 1.54) is 0 Å². The summed E-state index contributed by atoms with van der Waals surface area (Å²) < 4.78 is 5.68. The van der Waals surface area contributed by atoms with Gasteiger partial charge in [0.25, 0.3) is 5.91 Å². The molecule has 118 valence electrons. The molecular formula is C16H24ClNO3. The van der Waals surface area contributed by atoms with Gasteiger partial charge < -0.3 is 15.2 Å². The van der Waals surface area contributed by atoms with Crippen LogP contribution in [0.5, 0.6) is 5.75 Å². The molecule has 1 rings (SSSR count). The molecule has 0 aliphatic carbocycles. The fourth-order valence-corrected chi connectivity index (χ4v) is 1.90. The topological polar surface area (TPSA) is 58.6 Å². The molecule has 2 atom stereocenters. The van der Waals surface area contributed by atoms with Crippen LogP contribution in [0.25, 0.3) is 0 Å². The fraction of sp³-hybridized carbons (Fsp3) is 0.562. The van der Waals surface area contributed by atoms with Gasteiger partial charge >= 0.3 is 0 Å².